The summed E-state index contributed by atoms with van der Waals surface area (Å²) >= 11 is 3.63. The summed E-state index contributed by atoms with van der Waals surface area (Å²) in [6, 6.07) is 6.39. The first kappa shape index (κ1) is 25.4. The van der Waals surface area contributed by atoms with Gasteiger partial charge in [0, 0.05) is 51.8 Å². The normalized spacial score (nSPS) is 25.4. The van der Waals surface area contributed by atoms with E-state index >= 15 is 0 Å². The van der Waals surface area contributed by atoms with E-state index in [9.17, 15) is 4.79 Å². The molecule has 32 heavy (non-hydrogen) atoms. The molecule has 2 aromatic rings. The van der Waals surface area contributed by atoms with Crippen LogP contribution in [-0.4, -0.2) is 24.8 Å². The zero-order valence-electron chi connectivity index (χ0n) is 21.3. The van der Waals surface area contributed by atoms with E-state index in [0.717, 1.165) is 10.9 Å². The molecule has 1 fully saturated rings. The van der Waals surface area contributed by atoms with E-state index in [2.05, 4.69) is 113 Å². The zero-order valence-corrected chi connectivity index (χ0v) is 23.9. The van der Waals surface area contributed by atoms with Crippen molar-refractivity contribution in [3.63, 3.8) is 0 Å². The van der Waals surface area contributed by atoms with Gasteiger partial charge in [-0.1, -0.05) is 63.5 Å². The van der Waals surface area contributed by atoms with Gasteiger partial charge < -0.3 is 8.99 Å². The van der Waals surface area contributed by atoms with Crippen molar-refractivity contribution in [2.24, 2.45) is 18.4 Å². The molecule has 0 N–H and O–H groups in total. The number of nitrogens with zero attached hydrogens (tertiary/aromatic N) is 1. The van der Waals surface area contributed by atoms with Gasteiger partial charge >= 0.3 is 0 Å². The molecule has 0 saturated heterocycles. The first-order valence-electron chi connectivity index (χ1n) is 11.6. The third-order valence-corrected chi connectivity index (χ3v) is 13.3. The van der Waals surface area contributed by atoms with Crippen LogP contribution in [0, 0.1) is 11.3 Å². The van der Waals surface area contributed by atoms with E-state index in [0.29, 0.717) is 12.2 Å². The lowest BCUT2D eigenvalue weighted by Crippen LogP contribution is -2.54. The topological polar surface area (TPSA) is 31.2 Å². The molecule has 176 valence electrons. The maximum atomic E-state index is 13.6. The van der Waals surface area contributed by atoms with Crippen molar-refractivity contribution in [2.75, 3.05) is 0 Å². The van der Waals surface area contributed by atoms with Gasteiger partial charge in [-0.15, -0.1) is 6.58 Å². The summed E-state index contributed by atoms with van der Waals surface area (Å²) in [5, 5.41) is 1.32. The molecule has 0 aliphatic heterocycles. The van der Waals surface area contributed by atoms with Gasteiger partial charge in [0.1, 0.15) is 5.78 Å². The average molecular weight is 519 g/mol. The monoisotopic (exact) mass is 517 g/mol. The van der Waals surface area contributed by atoms with E-state index < -0.39 is 8.32 Å². The highest BCUT2D eigenvalue weighted by molar-refractivity contribution is 9.10. The first-order chi connectivity index (χ1) is 14.5. The van der Waals surface area contributed by atoms with Gasteiger partial charge in [-0.3, -0.25) is 4.79 Å². The zero-order chi connectivity index (χ0) is 24.3. The quantitative estimate of drug-likeness (QED) is 0.299. The number of aryl methyl sites for hydroxylation is 1. The van der Waals surface area contributed by atoms with Crippen molar-refractivity contribution < 1.29 is 9.22 Å². The average Bonchev–Trinajstić information content (AvgIpc) is 2.99. The molecule has 1 saturated carbocycles. The molecule has 0 amide bonds. The molecule has 1 aliphatic rings. The summed E-state index contributed by atoms with van der Waals surface area (Å²) in [6.45, 7) is 22.1. The smallest absolute Gasteiger partial charge is 0.192 e. The highest BCUT2D eigenvalue weighted by atomic mass is 79.9. The minimum absolute atomic E-state index is 0.00965. The predicted molar refractivity (Wildman–Crippen MR) is 142 cm³/mol. The maximum absolute atomic E-state index is 13.6. The number of ketones is 1. The largest absolute Gasteiger partial charge is 0.413 e. The fourth-order valence-corrected chi connectivity index (χ4v) is 6.70. The van der Waals surface area contributed by atoms with Gasteiger partial charge in [0.15, 0.2) is 8.32 Å². The van der Waals surface area contributed by atoms with Crippen molar-refractivity contribution in [3.05, 3.63) is 47.1 Å². The van der Waals surface area contributed by atoms with Gasteiger partial charge in [0.25, 0.3) is 0 Å². The molecule has 1 aliphatic carbocycles. The molecular weight excluding hydrogens is 478 g/mol. The molecule has 1 aromatic carbocycles. The SMILES string of the molecule is C=C[C@@]1(C)CC(=O)[C@@H](C(C)(C)c2cn(C)c3ccc(Br)cc23)C[C@@H]1O[Si](C)(C)C(C)(C)C. The molecular formula is C27H40BrNO2Si. The van der Waals surface area contributed by atoms with Crippen LogP contribution in [0.5, 0.6) is 0 Å². The van der Waals surface area contributed by atoms with Crippen LogP contribution in [0.3, 0.4) is 0 Å². The first-order valence-corrected chi connectivity index (χ1v) is 15.3. The molecule has 1 heterocycles. The van der Waals surface area contributed by atoms with Crippen LogP contribution in [0.1, 0.15) is 59.9 Å². The molecule has 3 rings (SSSR count). The van der Waals surface area contributed by atoms with E-state index in [1.54, 1.807) is 0 Å². The number of hydrogen-bond donors (Lipinski definition) is 0. The van der Waals surface area contributed by atoms with Crippen molar-refractivity contribution >= 4 is 40.9 Å². The van der Waals surface area contributed by atoms with Crippen LogP contribution in [0.4, 0.5) is 0 Å². The number of aromatic nitrogens is 1. The highest BCUT2D eigenvalue weighted by Crippen LogP contribution is 2.50. The number of rotatable bonds is 5. The molecule has 5 heteroatoms. The lowest BCUT2D eigenvalue weighted by atomic mass is 9.60. The van der Waals surface area contributed by atoms with E-state index in [-0.39, 0.29) is 27.9 Å². The second-order valence-corrected chi connectivity index (χ2v) is 17.7. The van der Waals surface area contributed by atoms with Gasteiger partial charge in [-0.2, -0.15) is 0 Å². The van der Waals surface area contributed by atoms with Gasteiger partial charge in [-0.25, -0.2) is 0 Å². The number of carbonyl (C=O) groups is 1. The molecule has 0 bridgehead atoms. The number of carbonyl (C=O) groups excluding carboxylic acids is 1. The van der Waals surface area contributed by atoms with Crippen LogP contribution >= 0.6 is 15.9 Å². The maximum Gasteiger partial charge on any atom is 0.192 e. The second-order valence-electron chi connectivity index (χ2n) is 12.0. The van der Waals surface area contributed by atoms with Crippen molar-refractivity contribution in [1.29, 1.82) is 0 Å². The second kappa shape index (κ2) is 8.25. The molecule has 1 aromatic heterocycles. The Morgan fingerprint density at radius 3 is 2.44 bits per heavy atom. The van der Waals surface area contributed by atoms with Crippen LogP contribution < -0.4 is 0 Å². The van der Waals surface area contributed by atoms with Crippen molar-refractivity contribution in [3.8, 4) is 0 Å². The minimum atomic E-state index is -2.00. The Labute approximate surface area is 203 Å². The van der Waals surface area contributed by atoms with Crippen LogP contribution in [0.25, 0.3) is 10.9 Å². The van der Waals surface area contributed by atoms with Gasteiger partial charge in [-0.05, 0) is 48.3 Å². The standard InChI is InChI=1S/C27H40BrNO2Si/c1-11-27(7)16-23(30)20(15-24(27)31-32(9,10)25(2,3)4)26(5,6)21-17-29(8)22-13-12-18(28)14-19(21)22/h11-14,17,20,24H,1,15-16H2,2-10H3/t20-,24-,27-/m0/s1. The lowest BCUT2D eigenvalue weighted by Gasteiger charge is -2.50. The van der Waals surface area contributed by atoms with Gasteiger partial charge in [0.05, 0.1) is 6.10 Å². The fraction of sp³-hybridized carbons (Fsp3) is 0.593. The van der Waals surface area contributed by atoms with Crippen LogP contribution in [-0.2, 0) is 21.7 Å². The lowest BCUT2D eigenvalue weighted by molar-refractivity contribution is -0.134. The Bertz CT molecular complexity index is 1050. The van der Waals surface area contributed by atoms with Crippen molar-refractivity contribution in [2.45, 2.75) is 84.0 Å². The Hall–Kier alpha value is -1.17. The van der Waals surface area contributed by atoms with Crippen molar-refractivity contribution in [1.82, 2.24) is 4.57 Å². The molecule has 0 unspecified atom stereocenters. The summed E-state index contributed by atoms with van der Waals surface area (Å²) in [7, 11) is 0.0762. The fourth-order valence-electron chi connectivity index (χ4n) is 4.91. The third kappa shape index (κ3) is 4.33. The van der Waals surface area contributed by atoms with Crippen LogP contribution in [0.2, 0.25) is 18.1 Å². The number of halogens is 1. The number of hydrogen-bond acceptors (Lipinski definition) is 2. The molecule has 0 radical (unpaired) electrons. The summed E-state index contributed by atoms with van der Waals surface area (Å²) in [5.74, 6) is 0.217. The third-order valence-electron chi connectivity index (χ3n) is 8.36. The molecule has 3 atom stereocenters. The summed E-state index contributed by atoms with van der Waals surface area (Å²) in [6.07, 6.45) is 5.37. The number of Topliss-reactive ketones (excluding diaryl/α,β-unsaturated/α-hetero) is 1. The number of fused-ring (bicyclic) bond motifs is 1. The Balaban J connectivity index is 2.05. The van der Waals surface area contributed by atoms with E-state index in [1.807, 2.05) is 6.08 Å². The Kier molecular flexibility index (Phi) is 6.56. The highest BCUT2D eigenvalue weighted by Gasteiger charge is 2.51. The van der Waals surface area contributed by atoms with Crippen LogP contribution in [0.15, 0.2) is 41.5 Å². The van der Waals surface area contributed by atoms with E-state index in [4.69, 9.17) is 4.43 Å². The minimum Gasteiger partial charge on any atom is -0.413 e. The van der Waals surface area contributed by atoms with E-state index in [1.165, 1.54) is 16.5 Å². The summed E-state index contributed by atoms with van der Waals surface area (Å²) < 4.78 is 10.2. The Morgan fingerprint density at radius 2 is 1.88 bits per heavy atom. The Morgan fingerprint density at radius 1 is 1.25 bits per heavy atom. The molecule has 0 spiro atoms. The summed E-state index contributed by atoms with van der Waals surface area (Å²) in [5.41, 5.74) is 1.77. The summed E-state index contributed by atoms with van der Waals surface area (Å²) in [4.78, 5) is 13.6. The van der Waals surface area contributed by atoms with Gasteiger partial charge in [0.2, 0.25) is 0 Å². The molecule has 3 nitrogen and oxygen atoms in total. The predicted octanol–water partition coefficient (Wildman–Crippen LogP) is 7.78. The number of benzene rings is 1.